The Hall–Kier alpha value is -1.55. The Morgan fingerprint density at radius 1 is 1.41 bits per heavy atom. The maximum atomic E-state index is 11.8. The quantitative estimate of drug-likeness (QED) is 0.828. The minimum Gasteiger partial charge on any atom is -0.508 e. The van der Waals surface area contributed by atoms with Gasteiger partial charge in [-0.15, -0.1) is 0 Å². The lowest BCUT2D eigenvalue weighted by Gasteiger charge is -2.23. The van der Waals surface area contributed by atoms with Crippen LogP contribution in [0.2, 0.25) is 0 Å². The van der Waals surface area contributed by atoms with Crippen molar-refractivity contribution < 1.29 is 14.6 Å². The largest absolute Gasteiger partial charge is 0.508 e. The van der Waals surface area contributed by atoms with Gasteiger partial charge in [0.25, 0.3) is 0 Å². The topological polar surface area (TPSA) is 58.6 Å². The van der Waals surface area contributed by atoms with Crippen molar-refractivity contribution in [2.24, 2.45) is 0 Å². The molecule has 0 atom stereocenters. The summed E-state index contributed by atoms with van der Waals surface area (Å²) in [6.07, 6.45) is 2.07. The Balaban J connectivity index is 1.84. The van der Waals surface area contributed by atoms with Crippen molar-refractivity contribution in [1.82, 2.24) is 5.32 Å². The zero-order valence-electron chi connectivity index (χ0n) is 9.69. The van der Waals surface area contributed by atoms with E-state index in [0.717, 1.165) is 31.6 Å². The molecule has 1 aromatic carbocycles. The SMILES string of the molecule is O=C(Cc1cccc(O)c1)NC1CCOCC1. The molecule has 2 rings (SSSR count). The van der Waals surface area contributed by atoms with E-state index in [-0.39, 0.29) is 17.7 Å². The van der Waals surface area contributed by atoms with E-state index in [1.165, 1.54) is 0 Å². The summed E-state index contributed by atoms with van der Waals surface area (Å²) in [5, 5.41) is 12.3. The van der Waals surface area contributed by atoms with Crippen molar-refractivity contribution in [3.05, 3.63) is 29.8 Å². The normalized spacial score (nSPS) is 16.7. The van der Waals surface area contributed by atoms with Gasteiger partial charge in [0.15, 0.2) is 0 Å². The van der Waals surface area contributed by atoms with Crippen molar-refractivity contribution in [2.45, 2.75) is 25.3 Å². The molecule has 1 fully saturated rings. The molecule has 1 saturated heterocycles. The average molecular weight is 235 g/mol. The van der Waals surface area contributed by atoms with Crippen LogP contribution in [0.4, 0.5) is 0 Å². The number of ether oxygens (including phenoxy) is 1. The molecule has 0 radical (unpaired) electrons. The number of phenols is 1. The van der Waals surface area contributed by atoms with E-state index < -0.39 is 0 Å². The molecule has 1 amide bonds. The molecule has 2 N–H and O–H groups in total. The summed E-state index contributed by atoms with van der Waals surface area (Å²) in [4.78, 5) is 11.8. The second-order valence-corrected chi connectivity index (χ2v) is 4.30. The molecule has 17 heavy (non-hydrogen) atoms. The Morgan fingerprint density at radius 2 is 2.18 bits per heavy atom. The van der Waals surface area contributed by atoms with E-state index in [9.17, 15) is 9.90 Å². The predicted molar refractivity (Wildman–Crippen MR) is 63.8 cm³/mol. The molecule has 92 valence electrons. The van der Waals surface area contributed by atoms with E-state index in [4.69, 9.17) is 4.74 Å². The third kappa shape index (κ3) is 3.75. The fraction of sp³-hybridized carbons (Fsp3) is 0.462. The van der Waals surface area contributed by atoms with Crippen LogP contribution in [0.15, 0.2) is 24.3 Å². The fourth-order valence-corrected chi connectivity index (χ4v) is 1.97. The third-order valence-corrected chi connectivity index (χ3v) is 2.86. The lowest BCUT2D eigenvalue weighted by atomic mass is 10.1. The van der Waals surface area contributed by atoms with Crippen molar-refractivity contribution in [1.29, 1.82) is 0 Å². The Bertz CT molecular complexity index is 386. The van der Waals surface area contributed by atoms with Crippen LogP contribution in [0, 0.1) is 0 Å². The van der Waals surface area contributed by atoms with Crippen LogP contribution < -0.4 is 5.32 Å². The van der Waals surface area contributed by atoms with Gasteiger partial charge < -0.3 is 15.2 Å². The second-order valence-electron chi connectivity index (χ2n) is 4.30. The summed E-state index contributed by atoms with van der Waals surface area (Å²) in [5.41, 5.74) is 0.828. The lowest BCUT2D eigenvalue weighted by Crippen LogP contribution is -2.39. The van der Waals surface area contributed by atoms with Gasteiger partial charge in [0.1, 0.15) is 5.75 Å². The molecule has 0 unspecified atom stereocenters. The summed E-state index contributed by atoms with van der Waals surface area (Å²) in [6.45, 7) is 1.44. The van der Waals surface area contributed by atoms with Crippen LogP contribution >= 0.6 is 0 Å². The summed E-state index contributed by atoms with van der Waals surface area (Å²) in [5.74, 6) is 0.198. The van der Waals surface area contributed by atoms with Crippen LogP contribution in [0.25, 0.3) is 0 Å². The first kappa shape index (κ1) is 11.9. The van der Waals surface area contributed by atoms with Crippen LogP contribution in [0.5, 0.6) is 5.75 Å². The highest BCUT2D eigenvalue weighted by Crippen LogP contribution is 2.12. The first-order valence-corrected chi connectivity index (χ1v) is 5.89. The maximum absolute atomic E-state index is 11.8. The number of phenolic OH excluding ortho intramolecular Hbond substituents is 1. The number of benzene rings is 1. The first-order chi connectivity index (χ1) is 8.24. The van der Waals surface area contributed by atoms with Gasteiger partial charge in [-0.3, -0.25) is 4.79 Å². The highest BCUT2D eigenvalue weighted by Gasteiger charge is 2.16. The van der Waals surface area contributed by atoms with Crippen LogP contribution in [-0.4, -0.2) is 30.3 Å². The Kier molecular flexibility index (Phi) is 3.98. The molecule has 4 nitrogen and oxygen atoms in total. The third-order valence-electron chi connectivity index (χ3n) is 2.86. The maximum Gasteiger partial charge on any atom is 0.224 e. The molecule has 4 heteroatoms. The molecule has 0 saturated carbocycles. The van der Waals surface area contributed by atoms with Crippen molar-refractivity contribution in [3.63, 3.8) is 0 Å². The van der Waals surface area contributed by atoms with Crippen molar-refractivity contribution in [3.8, 4) is 5.75 Å². The number of aromatic hydroxyl groups is 1. The summed E-state index contributed by atoms with van der Waals surface area (Å²) in [6, 6.07) is 7.02. The zero-order chi connectivity index (χ0) is 12.1. The first-order valence-electron chi connectivity index (χ1n) is 5.89. The van der Waals surface area contributed by atoms with E-state index in [2.05, 4.69) is 5.32 Å². The van der Waals surface area contributed by atoms with E-state index in [0.29, 0.717) is 6.42 Å². The van der Waals surface area contributed by atoms with Gasteiger partial charge in [-0.25, -0.2) is 0 Å². The van der Waals surface area contributed by atoms with Gasteiger partial charge in [-0.2, -0.15) is 0 Å². The second kappa shape index (κ2) is 5.68. The smallest absolute Gasteiger partial charge is 0.224 e. The number of hydrogen-bond acceptors (Lipinski definition) is 3. The van der Waals surface area contributed by atoms with Crippen LogP contribution in [-0.2, 0) is 16.0 Å². The van der Waals surface area contributed by atoms with E-state index >= 15 is 0 Å². The Morgan fingerprint density at radius 3 is 2.88 bits per heavy atom. The summed E-state index contributed by atoms with van der Waals surface area (Å²) >= 11 is 0. The molecule has 1 aliphatic heterocycles. The van der Waals surface area contributed by atoms with Gasteiger partial charge in [0, 0.05) is 19.3 Å². The molecule has 0 aromatic heterocycles. The van der Waals surface area contributed by atoms with E-state index in [1.54, 1.807) is 18.2 Å². The molecule has 1 heterocycles. The highest BCUT2D eigenvalue weighted by atomic mass is 16.5. The zero-order valence-corrected chi connectivity index (χ0v) is 9.69. The molecule has 0 aliphatic carbocycles. The van der Waals surface area contributed by atoms with Crippen molar-refractivity contribution in [2.75, 3.05) is 13.2 Å². The van der Waals surface area contributed by atoms with Gasteiger partial charge in [-0.05, 0) is 30.5 Å². The number of carbonyl (C=O) groups excluding carboxylic acids is 1. The number of rotatable bonds is 3. The van der Waals surface area contributed by atoms with Gasteiger partial charge >= 0.3 is 0 Å². The fourth-order valence-electron chi connectivity index (χ4n) is 1.97. The van der Waals surface area contributed by atoms with E-state index in [1.807, 2.05) is 6.07 Å². The summed E-state index contributed by atoms with van der Waals surface area (Å²) < 4.78 is 5.23. The molecular formula is C13H17NO3. The molecule has 1 aromatic rings. The standard InChI is InChI=1S/C13H17NO3/c15-12-3-1-2-10(8-12)9-13(16)14-11-4-6-17-7-5-11/h1-3,8,11,15H,4-7,9H2,(H,14,16). The van der Waals surface area contributed by atoms with Gasteiger partial charge in [-0.1, -0.05) is 12.1 Å². The van der Waals surface area contributed by atoms with Crippen LogP contribution in [0.1, 0.15) is 18.4 Å². The molecule has 0 spiro atoms. The molecular weight excluding hydrogens is 218 g/mol. The van der Waals surface area contributed by atoms with Gasteiger partial charge in [0.2, 0.25) is 5.91 Å². The monoisotopic (exact) mass is 235 g/mol. The number of hydrogen-bond donors (Lipinski definition) is 2. The van der Waals surface area contributed by atoms with Gasteiger partial charge in [0.05, 0.1) is 6.42 Å². The average Bonchev–Trinajstić information content (AvgIpc) is 2.30. The molecule has 1 aliphatic rings. The Labute approximate surface area is 101 Å². The number of carbonyl (C=O) groups is 1. The number of amides is 1. The highest BCUT2D eigenvalue weighted by molar-refractivity contribution is 5.78. The predicted octanol–water partition coefficient (Wildman–Crippen LogP) is 1.23. The lowest BCUT2D eigenvalue weighted by molar-refractivity contribution is -0.121. The minimum atomic E-state index is 0.00231. The van der Waals surface area contributed by atoms with Crippen LogP contribution in [0.3, 0.4) is 0 Å². The number of nitrogens with one attached hydrogen (secondary N) is 1. The summed E-state index contributed by atoms with van der Waals surface area (Å²) in [7, 11) is 0. The minimum absolute atomic E-state index is 0.00231. The molecule has 0 bridgehead atoms. The van der Waals surface area contributed by atoms with Crippen molar-refractivity contribution >= 4 is 5.91 Å².